The molecule has 0 unspecified atom stereocenters. The van der Waals surface area contributed by atoms with Gasteiger partial charge in [-0.1, -0.05) is 6.07 Å². The van der Waals surface area contributed by atoms with Gasteiger partial charge in [0.1, 0.15) is 5.69 Å². The summed E-state index contributed by atoms with van der Waals surface area (Å²) in [4.78, 5) is 14.3. The molecular weight excluding hydrogens is 140 g/mol. The highest BCUT2D eigenvalue weighted by molar-refractivity contribution is 5.71. The number of carbonyl (C=O) groups excluding carboxylic acids is 1. The Morgan fingerprint density at radius 2 is 2.36 bits per heavy atom. The Bertz CT molecular complexity index is 258. The molecule has 0 amide bonds. The van der Waals surface area contributed by atoms with E-state index in [0.29, 0.717) is 12.0 Å². The third-order valence-corrected chi connectivity index (χ3v) is 1.38. The third-order valence-electron chi connectivity index (χ3n) is 1.38. The minimum atomic E-state index is -0.116. The Hall–Kier alpha value is -1.22. The van der Waals surface area contributed by atoms with Gasteiger partial charge in [-0.2, -0.15) is 0 Å². The summed E-state index contributed by atoms with van der Waals surface area (Å²) in [5.41, 5.74) is 6.73. The summed E-state index contributed by atoms with van der Waals surface area (Å²) < 4.78 is 0. The summed E-state index contributed by atoms with van der Waals surface area (Å²) in [6, 6.07) is 5.11. The van der Waals surface area contributed by atoms with Crippen molar-refractivity contribution >= 4 is 6.29 Å². The minimum Gasteiger partial charge on any atom is -0.323 e. The van der Waals surface area contributed by atoms with Gasteiger partial charge in [0, 0.05) is 6.04 Å². The van der Waals surface area contributed by atoms with Crippen molar-refractivity contribution in [1.82, 2.24) is 4.98 Å². The number of carbonyl (C=O) groups is 1. The zero-order valence-electron chi connectivity index (χ0n) is 6.32. The van der Waals surface area contributed by atoms with Crippen molar-refractivity contribution in [3.05, 3.63) is 29.6 Å². The van der Waals surface area contributed by atoms with E-state index in [1.54, 1.807) is 18.2 Å². The lowest BCUT2D eigenvalue weighted by molar-refractivity contribution is 0.111. The van der Waals surface area contributed by atoms with Gasteiger partial charge in [-0.15, -0.1) is 0 Å². The van der Waals surface area contributed by atoms with Gasteiger partial charge in [-0.25, -0.2) is 4.98 Å². The summed E-state index contributed by atoms with van der Waals surface area (Å²) in [5, 5.41) is 0. The van der Waals surface area contributed by atoms with Gasteiger partial charge in [0.05, 0.1) is 5.69 Å². The molecular formula is C8H10N2O. The monoisotopic (exact) mass is 150 g/mol. The fourth-order valence-electron chi connectivity index (χ4n) is 0.788. The molecule has 3 heteroatoms. The molecule has 0 aliphatic carbocycles. The molecule has 1 rings (SSSR count). The third kappa shape index (κ3) is 1.85. The Morgan fingerprint density at radius 3 is 2.91 bits per heavy atom. The lowest BCUT2D eigenvalue weighted by atomic mass is 10.2. The molecule has 3 nitrogen and oxygen atoms in total. The van der Waals surface area contributed by atoms with Gasteiger partial charge in [-0.3, -0.25) is 4.79 Å². The van der Waals surface area contributed by atoms with Gasteiger partial charge in [0.25, 0.3) is 0 Å². The molecule has 0 saturated carbocycles. The van der Waals surface area contributed by atoms with Crippen molar-refractivity contribution in [3.8, 4) is 0 Å². The number of rotatable bonds is 2. The first-order valence-electron chi connectivity index (χ1n) is 3.41. The van der Waals surface area contributed by atoms with Crippen LogP contribution in [0.2, 0.25) is 0 Å². The average molecular weight is 150 g/mol. The van der Waals surface area contributed by atoms with Crippen molar-refractivity contribution in [3.63, 3.8) is 0 Å². The largest absolute Gasteiger partial charge is 0.323 e. The number of hydrogen-bond acceptors (Lipinski definition) is 3. The maximum absolute atomic E-state index is 10.3. The molecule has 1 aromatic rings. The lowest BCUT2D eigenvalue weighted by Crippen LogP contribution is -2.07. The van der Waals surface area contributed by atoms with Crippen LogP contribution in [0, 0.1) is 0 Å². The molecule has 0 aliphatic heterocycles. The average Bonchev–Trinajstić information content (AvgIpc) is 2.05. The number of aldehydes is 1. The van der Waals surface area contributed by atoms with Crippen LogP contribution in [0.25, 0.3) is 0 Å². The summed E-state index contributed by atoms with van der Waals surface area (Å²) in [5.74, 6) is 0. The first-order valence-corrected chi connectivity index (χ1v) is 3.41. The molecule has 0 saturated heterocycles. The van der Waals surface area contributed by atoms with Crippen molar-refractivity contribution in [2.24, 2.45) is 5.73 Å². The van der Waals surface area contributed by atoms with Crippen molar-refractivity contribution in [1.29, 1.82) is 0 Å². The zero-order chi connectivity index (χ0) is 8.27. The topological polar surface area (TPSA) is 56.0 Å². The van der Waals surface area contributed by atoms with Crippen LogP contribution >= 0.6 is 0 Å². The highest BCUT2D eigenvalue weighted by atomic mass is 16.1. The van der Waals surface area contributed by atoms with E-state index < -0.39 is 0 Å². The molecule has 0 fully saturated rings. The Morgan fingerprint density at radius 1 is 1.64 bits per heavy atom. The predicted octanol–water partition coefficient (Wildman–Crippen LogP) is 0.914. The smallest absolute Gasteiger partial charge is 0.168 e. The number of hydrogen-bond donors (Lipinski definition) is 1. The fourth-order valence-corrected chi connectivity index (χ4v) is 0.788. The normalized spacial score (nSPS) is 12.5. The standard InChI is InChI=1S/C8H10N2O/c1-6(9)8-4-2-3-7(5-11)10-8/h2-6H,9H2,1H3/t6-/m1/s1. The second-order valence-electron chi connectivity index (χ2n) is 2.39. The maximum atomic E-state index is 10.3. The van der Waals surface area contributed by atoms with E-state index in [-0.39, 0.29) is 6.04 Å². The minimum absolute atomic E-state index is 0.116. The van der Waals surface area contributed by atoms with E-state index in [4.69, 9.17) is 5.73 Å². The SMILES string of the molecule is C[C@@H](N)c1cccc(C=O)n1. The van der Waals surface area contributed by atoms with E-state index in [9.17, 15) is 4.79 Å². The maximum Gasteiger partial charge on any atom is 0.168 e. The molecule has 58 valence electrons. The Labute approximate surface area is 65.2 Å². The second-order valence-corrected chi connectivity index (χ2v) is 2.39. The summed E-state index contributed by atoms with van der Waals surface area (Å²) in [6.45, 7) is 1.83. The summed E-state index contributed by atoms with van der Waals surface area (Å²) >= 11 is 0. The summed E-state index contributed by atoms with van der Waals surface area (Å²) in [6.07, 6.45) is 0.714. The quantitative estimate of drug-likeness (QED) is 0.637. The van der Waals surface area contributed by atoms with Crippen molar-refractivity contribution < 1.29 is 4.79 Å². The van der Waals surface area contributed by atoms with Gasteiger partial charge >= 0.3 is 0 Å². The van der Waals surface area contributed by atoms with Crippen LogP contribution in [-0.4, -0.2) is 11.3 Å². The highest BCUT2D eigenvalue weighted by Gasteiger charge is 2.00. The van der Waals surface area contributed by atoms with Gasteiger partial charge < -0.3 is 5.73 Å². The van der Waals surface area contributed by atoms with E-state index in [1.165, 1.54) is 0 Å². The Balaban J connectivity index is 3.00. The van der Waals surface area contributed by atoms with E-state index >= 15 is 0 Å². The zero-order valence-corrected chi connectivity index (χ0v) is 6.32. The molecule has 2 N–H and O–H groups in total. The molecule has 0 aliphatic rings. The molecule has 0 aromatic carbocycles. The first-order chi connectivity index (χ1) is 5.24. The molecule has 1 atom stereocenters. The van der Waals surface area contributed by atoms with E-state index in [0.717, 1.165) is 5.69 Å². The van der Waals surface area contributed by atoms with Crippen LogP contribution in [0.4, 0.5) is 0 Å². The number of nitrogens with zero attached hydrogens (tertiary/aromatic N) is 1. The van der Waals surface area contributed by atoms with Gasteiger partial charge in [0.15, 0.2) is 6.29 Å². The molecule has 1 aromatic heterocycles. The molecule has 0 bridgehead atoms. The fraction of sp³-hybridized carbons (Fsp3) is 0.250. The predicted molar refractivity (Wildman–Crippen MR) is 42.2 cm³/mol. The van der Waals surface area contributed by atoms with Crippen molar-refractivity contribution in [2.75, 3.05) is 0 Å². The number of aromatic nitrogens is 1. The first kappa shape index (κ1) is 7.88. The summed E-state index contributed by atoms with van der Waals surface area (Å²) in [7, 11) is 0. The van der Waals surface area contributed by atoms with Crippen molar-refractivity contribution in [2.45, 2.75) is 13.0 Å². The lowest BCUT2D eigenvalue weighted by Gasteiger charge is -2.02. The highest BCUT2D eigenvalue weighted by Crippen LogP contribution is 2.05. The van der Waals surface area contributed by atoms with E-state index in [1.807, 2.05) is 6.92 Å². The number of pyridine rings is 1. The van der Waals surface area contributed by atoms with Crippen LogP contribution in [0.5, 0.6) is 0 Å². The second kappa shape index (κ2) is 3.25. The van der Waals surface area contributed by atoms with Gasteiger partial charge in [0.2, 0.25) is 0 Å². The number of nitrogens with two attached hydrogens (primary N) is 1. The van der Waals surface area contributed by atoms with Crippen LogP contribution in [-0.2, 0) is 0 Å². The van der Waals surface area contributed by atoms with E-state index in [2.05, 4.69) is 4.98 Å². The molecule has 0 spiro atoms. The van der Waals surface area contributed by atoms with Gasteiger partial charge in [-0.05, 0) is 19.1 Å². The van der Waals surface area contributed by atoms with Crippen LogP contribution in [0.1, 0.15) is 29.1 Å². The molecule has 1 heterocycles. The van der Waals surface area contributed by atoms with Crippen LogP contribution in [0.3, 0.4) is 0 Å². The van der Waals surface area contributed by atoms with Crippen LogP contribution in [0.15, 0.2) is 18.2 Å². The molecule has 11 heavy (non-hydrogen) atoms. The van der Waals surface area contributed by atoms with Crippen LogP contribution < -0.4 is 5.73 Å². The Kier molecular flexibility index (Phi) is 2.33. The molecule has 0 radical (unpaired) electrons.